The third-order valence-corrected chi connectivity index (χ3v) is 4.34. The second-order valence-corrected chi connectivity index (χ2v) is 6.55. The number of halogens is 1. The maximum atomic E-state index is 6.03. The first-order valence-corrected chi connectivity index (χ1v) is 8.00. The summed E-state index contributed by atoms with van der Waals surface area (Å²) in [5, 5.41) is 3.47. The quantitative estimate of drug-likeness (QED) is 0.871. The number of hydrogen-bond acceptors (Lipinski definition) is 4. The van der Waals surface area contributed by atoms with Crippen molar-refractivity contribution in [3.63, 3.8) is 0 Å². The highest BCUT2D eigenvalue weighted by molar-refractivity contribution is 9.10. The summed E-state index contributed by atoms with van der Waals surface area (Å²) in [6.45, 7) is 4.08. The minimum atomic E-state index is 0.155. The number of anilines is 2. The lowest BCUT2D eigenvalue weighted by molar-refractivity contribution is 0.850. The van der Waals surface area contributed by atoms with Crippen molar-refractivity contribution >= 4 is 27.6 Å². The standard InChI is InChI=1S/C16H19BrN4/c1-9-14(18)20-16(11-6-7-11)21-15(9)19-10(2)12-4-3-5-13(17)8-12/h3-5,8,10-11H,6-7H2,1-2H3,(H3,18,19,20,21). The Morgan fingerprint density at radius 2 is 2.10 bits per heavy atom. The molecule has 1 aromatic carbocycles. The molecule has 1 atom stereocenters. The van der Waals surface area contributed by atoms with Gasteiger partial charge < -0.3 is 11.1 Å². The molecule has 1 aromatic heterocycles. The van der Waals surface area contributed by atoms with Crippen LogP contribution in [0.4, 0.5) is 11.6 Å². The SMILES string of the molecule is Cc1c(N)nc(C2CC2)nc1NC(C)c1cccc(Br)c1. The van der Waals surface area contributed by atoms with Crippen LogP contribution in [0.25, 0.3) is 0 Å². The minimum Gasteiger partial charge on any atom is -0.383 e. The molecule has 4 nitrogen and oxygen atoms in total. The van der Waals surface area contributed by atoms with Crippen LogP contribution >= 0.6 is 15.9 Å². The van der Waals surface area contributed by atoms with Gasteiger partial charge in [-0.3, -0.25) is 0 Å². The van der Waals surface area contributed by atoms with Gasteiger partial charge in [0.1, 0.15) is 17.5 Å². The van der Waals surface area contributed by atoms with E-state index in [1.807, 2.05) is 19.1 Å². The molecule has 0 amide bonds. The van der Waals surface area contributed by atoms with Gasteiger partial charge in [0.25, 0.3) is 0 Å². The van der Waals surface area contributed by atoms with Crippen LogP contribution in [-0.4, -0.2) is 9.97 Å². The van der Waals surface area contributed by atoms with Gasteiger partial charge in [0, 0.05) is 22.0 Å². The van der Waals surface area contributed by atoms with Gasteiger partial charge in [-0.1, -0.05) is 28.1 Å². The second kappa shape index (κ2) is 5.64. The van der Waals surface area contributed by atoms with E-state index in [1.54, 1.807) is 0 Å². The monoisotopic (exact) mass is 346 g/mol. The van der Waals surface area contributed by atoms with Crippen molar-refractivity contribution in [1.29, 1.82) is 0 Å². The molecule has 3 N–H and O–H groups in total. The number of aromatic nitrogens is 2. The van der Waals surface area contributed by atoms with Crippen molar-refractivity contribution in [2.45, 2.75) is 38.6 Å². The van der Waals surface area contributed by atoms with Gasteiger partial charge in [-0.2, -0.15) is 0 Å². The van der Waals surface area contributed by atoms with Crippen molar-refractivity contribution in [2.75, 3.05) is 11.1 Å². The normalized spacial score (nSPS) is 15.8. The molecule has 5 heteroatoms. The summed E-state index contributed by atoms with van der Waals surface area (Å²) in [6, 6.07) is 8.43. The molecule has 0 aliphatic heterocycles. The zero-order chi connectivity index (χ0) is 15.0. The molecule has 2 aromatic rings. The number of nitrogens with zero attached hydrogens (tertiary/aromatic N) is 2. The maximum absolute atomic E-state index is 6.03. The number of rotatable bonds is 4. The van der Waals surface area contributed by atoms with E-state index < -0.39 is 0 Å². The first-order valence-electron chi connectivity index (χ1n) is 7.20. The van der Waals surface area contributed by atoms with Crippen LogP contribution in [0.15, 0.2) is 28.7 Å². The van der Waals surface area contributed by atoms with Gasteiger partial charge in [-0.25, -0.2) is 9.97 Å². The Morgan fingerprint density at radius 3 is 2.76 bits per heavy atom. The van der Waals surface area contributed by atoms with Crippen LogP contribution in [0.2, 0.25) is 0 Å². The molecular weight excluding hydrogens is 328 g/mol. The predicted octanol–water partition coefficient (Wildman–Crippen LogP) is 4.18. The van der Waals surface area contributed by atoms with Gasteiger partial charge in [0.15, 0.2) is 0 Å². The molecule has 0 radical (unpaired) electrons. The molecule has 1 saturated carbocycles. The third-order valence-electron chi connectivity index (χ3n) is 3.85. The molecule has 0 bridgehead atoms. The van der Waals surface area contributed by atoms with E-state index in [-0.39, 0.29) is 6.04 Å². The highest BCUT2D eigenvalue weighted by Crippen LogP contribution is 2.39. The highest BCUT2D eigenvalue weighted by atomic mass is 79.9. The Morgan fingerprint density at radius 1 is 1.33 bits per heavy atom. The van der Waals surface area contributed by atoms with Gasteiger partial charge in [0.2, 0.25) is 0 Å². The Kier molecular flexibility index (Phi) is 3.85. The van der Waals surface area contributed by atoms with E-state index in [2.05, 4.69) is 50.3 Å². The van der Waals surface area contributed by atoms with Gasteiger partial charge >= 0.3 is 0 Å². The number of nitrogen functional groups attached to an aromatic ring is 1. The Labute approximate surface area is 133 Å². The van der Waals surface area contributed by atoms with Crippen molar-refractivity contribution in [3.8, 4) is 0 Å². The molecule has 1 aliphatic rings. The van der Waals surface area contributed by atoms with Gasteiger partial charge in [-0.05, 0) is 44.4 Å². The fourth-order valence-electron chi connectivity index (χ4n) is 2.28. The summed E-state index contributed by atoms with van der Waals surface area (Å²) in [7, 11) is 0. The number of hydrogen-bond donors (Lipinski definition) is 2. The molecule has 0 saturated heterocycles. The molecule has 21 heavy (non-hydrogen) atoms. The van der Waals surface area contributed by atoms with E-state index in [0.717, 1.165) is 21.7 Å². The second-order valence-electron chi connectivity index (χ2n) is 5.64. The smallest absolute Gasteiger partial charge is 0.136 e. The summed E-state index contributed by atoms with van der Waals surface area (Å²) in [5.41, 5.74) is 8.15. The molecule has 0 spiro atoms. The van der Waals surface area contributed by atoms with Crippen molar-refractivity contribution in [1.82, 2.24) is 9.97 Å². The summed E-state index contributed by atoms with van der Waals surface area (Å²) in [5.74, 6) is 2.80. The first-order chi connectivity index (χ1) is 10.0. The highest BCUT2D eigenvalue weighted by Gasteiger charge is 2.28. The van der Waals surface area contributed by atoms with Crippen molar-refractivity contribution in [2.24, 2.45) is 0 Å². The van der Waals surface area contributed by atoms with E-state index >= 15 is 0 Å². The predicted molar refractivity (Wildman–Crippen MR) is 89.3 cm³/mol. The Bertz CT molecular complexity index is 667. The average molecular weight is 347 g/mol. The average Bonchev–Trinajstić information content (AvgIpc) is 3.28. The Balaban J connectivity index is 1.86. The third kappa shape index (κ3) is 3.18. The van der Waals surface area contributed by atoms with Crippen LogP contribution in [0.5, 0.6) is 0 Å². The lowest BCUT2D eigenvalue weighted by atomic mass is 10.1. The molecule has 1 unspecified atom stereocenters. The van der Waals surface area contributed by atoms with Gasteiger partial charge in [-0.15, -0.1) is 0 Å². The first kappa shape index (κ1) is 14.3. The number of nitrogens with one attached hydrogen (secondary N) is 1. The summed E-state index contributed by atoms with van der Waals surface area (Å²) >= 11 is 3.51. The zero-order valence-electron chi connectivity index (χ0n) is 12.2. The van der Waals surface area contributed by atoms with Crippen LogP contribution < -0.4 is 11.1 Å². The lowest BCUT2D eigenvalue weighted by Gasteiger charge is -2.18. The van der Waals surface area contributed by atoms with Crippen LogP contribution in [0.3, 0.4) is 0 Å². The minimum absolute atomic E-state index is 0.155. The van der Waals surface area contributed by atoms with Crippen LogP contribution in [0, 0.1) is 6.92 Å². The molecule has 1 aliphatic carbocycles. The van der Waals surface area contributed by atoms with Crippen LogP contribution in [-0.2, 0) is 0 Å². The largest absolute Gasteiger partial charge is 0.383 e. The van der Waals surface area contributed by atoms with Crippen LogP contribution in [0.1, 0.15) is 48.7 Å². The summed E-state index contributed by atoms with van der Waals surface area (Å²) in [4.78, 5) is 9.08. The molecule has 1 fully saturated rings. The van der Waals surface area contributed by atoms with E-state index in [9.17, 15) is 0 Å². The number of nitrogens with two attached hydrogens (primary N) is 1. The zero-order valence-corrected chi connectivity index (χ0v) is 13.8. The Hall–Kier alpha value is -1.62. The van der Waals surface area contributed by atoms with Crippen molar-refractivity contribution < 1.29 is 0 Å². The van der Waals surface area contributed by atoms with E-state index in [0.29, 0.717) is 11.7 Å². The topological polar surface area (TPSA) is 63.8 Å². The molecule has 110 valence electrons. The fourth-order valence-corrected chi connectivity index (χ4v) is 2.70. The molecule has 1 heterocycles. The van der Waals surface area contributed by atoms with Crippen molar-refractivity contribution in [3.05, 3.63) is 45.7 Å². The molecule has 3 rings (SSSR count). The fraction of sp³-hybridized carbons (Fsp3) is 0.375. The summed E-state index contributed by atoms with van der Waals surface area (Å²) in [6.07, 6.45) is 2.34. The van der Waals surface area contributed by atoms with Gasteiger partial charge in [0.05, 0.1) is 0 Å². The lowest BCUT2D eigenvalue weighted by Crippen LogP contribution is -2.12. The van der Waals surface area contributed by atoms with E-state index in [4.69, 9.17) is 5.73 Å². The molecular formula is C16H19BrN4. The maximum Gasteiger partial charge on any atom is 0.136 e. The number of benzene rings is 1. The van der Waals surface area contributed by atoms with E-state index in [1.165, 1.54) is 18.4 Å². The summed E-state index contributed by atoms with van der Waals surface area (Å²) < 4.78 is 1.08.